The molecule has 1 unspecified atom stereocenters. The molecule has 0 radical (unpaired) electrons. The van der Waals surface area contributed by atoms with E-state index in [1.165, 1.54) is 9.56 Å². The third kappa shape index (κ3) is 2.88. The highest BCUT2D eigenvalue weighted by Gasteiger charge is 2.22. The molecule has 1 atom stereocenters. The van der Waals surface area contributed by atoms with Crippen LogP contribution in [0.3, 0.4) is 0 Å². The van der Waals surface area contributed by atoms with E-state index in [0.29, 0.717) is 0 Å². The smallest absolute Gasteiger partial charge is 0.260 e. The lowest BCUT2D eigenvalue weighted by Crippen LogP contribution is -2.22. The molecule has 3 heterocycles. The van der Waals surface area contributed by atoms with Gasteiger partial charge in [0, 0.05) is 11.1 Å². The molecule has 2 aromatic heterocycles. The minimum absolute atomic E-state index is 0.0194. The SMILES string of the molecule is O=C(C1CC=CS1)n1ccc(/C=C/c2cccs2)n1. The zero-order valence-corrected chi connectivity index (χ0v) is 11.7. The second kappa shape index (κ2) is 5.59. The van der Waals surface area contributed by atoms with Crippen molar-refractivity contribution < 1.29 is 4.79 Å². The van der Waals surface area contributed by atoms with Gasteiger partial charge in [-0.2, -0.15) is 5.10 Å². The number of hydrogen-bond donors (Lipinski definition) is 0. The van der Waals surface area contributed by atoms with Crippen molar-refractivity contribution >= 4 is 41.2 Å². The molecule has 3 nitrogen and oxygen atoms in total. The summed E-state index contributed by atoms with van der Waals surface area (Å²) in [6.45, 7) is 0. The molecule has 0 amide bonds. The van der Waals surface area contributed by atoms with Crippen LogP contribution in [0.1, 0.15) is 21.8 Å². The summed E-state index contributed by atoms with van der Waals surface area (Å²) in [5, 5.41) is 8.29. The van der Waals surface area contributed by atoms with Gasteiger partial charge < -0.3 is 0 Å². The summed E-state index contributed by atoms with van der Waals surface area (Å²) in [6.07, 6.45) is 8.48. The van der Waals surface area contributed by atoms with Gasteiger partial charge in [-0.25, -0.2) is 4.68 Å². The van der Waals surface area contributed by atoms with E-state index < -0.39 is 0 Å². The molecule has 0 aliphatic carbocycles. The number of nitrogens with zero attached hydrogens (tertiary/aromatic N) is 2. The summed E-state index contributed by atoms with van der Waals surface area (Å²) in [6, 6.07) is 5.91. The lowest BCUT2D eigenvalue weighted by atomic mass is 10.3. The second-order valence-corrected chi connectivity index (χ2v) is 6.20. The standard InChI is InChI=1S/C14H12N2OS2/c17-14(13-4-2-10-19-13)16-8-7-11(15-16)5-6-12-3-1-9-18-12/h1-3,5-10,13H,4H2/b6-5+. The number of carbonyl (C=O) groups excluding carboxylic acids is 1. The minimum Gasteiger partial charge on any atom is -0.271 e. The van der Waals surface area contributed by atoms with Crippen LogP contribution in [0.5, 0.6) is 0 Å². The van der Waals surface area contributed by atoms with Crippen molar-refractivity contribution in [3.8, 4) is 0 Å². The van der Waals surface area contributed by atoms with Gasteiger partial charge in [-0.15, -0.1) is 23.1 Å². The van der Waals surface area contributed by atoms with E-state index in [1.54, 1.807) is 29.3 Å². The van der Waals surface area contributed by atoms with Crippen molar-refractivity contribution in [3.05, 3.63) is 51.8 Å². The Bertz CT molecular complexity index is 618. The number of allylic oxidation sites excluding steroid dienone is 1. The van der Waals surface area contributed by atoms with Crippen LogP contribution in [0.4, 0.5) is 0 Å². The van der Waals surface area contributed by atoms with E-state index in [9.17, 15) is 4.79 Å². The van der Waals surface area contributed by atoms with E-state index in [4.69, 9.17) is 0 Å². The number of hydrogen-bond acceptors (Lipinski definition) is 4. The lowest BCUT2D eigenvalue weighted by molar-refractivity contribution is 0.0896. The molecule has 0 saturated heterocycles. The normalized spacial score (nSPS) is 18.4. The van der Waals surface area contributed by atoms with Crippen LogP contribution in [0.15, 0.2) is 41.3 Å². The summed E-state index contributed by atoms with van der Waals surface area (Å²) < 4.78 is 1.44. The van der Waals surface area contributed by atoms with Gasteiger partial charge in [0.2, 0.25) is 0 Å². The maximum Gasteiger partial charge on any atom is 0.260 e. The Labute approximate surface area is 119 Å². The highest BCUT2D eigenvalue weighted by atomic mass is 32.2. The Hall–Kier alpha value is -1.59. The zero-order chi connectivity index (χ0) is 13.1. The van der Waals surface area contributed by atoms with E-state index in [1.807, 2.05) is 47.2 Å². The Morgan fingerprint density at radius 2 is 2.37 bits per heavy atom. The average molecular weight is 288 g/mol. The third-order valence-corrected chi connectivity index (χ3v) is 4.67. The van der Waals surface area contributed by atoms with Gasteiger partial charge in [-0.1, -0.05) is 12.1 Å². The molecular weight excluding hydrogens is 276 g/mol. The van der Waals surface area contributed by atoms with Crippen LogP contribution in [0.2, 0.25) is 0 Å². The molecule has 2 aromatic rings. The molecule has 3 rings (SSSR count). The van der Waals surface area contributed by atoms with Crippen LogP contribution in [0, 0.1) is 0 Å². The van der Waals surface area contributed by atoms with E-state index in [2.05, 4.69) is 5.10 Å². The van der Waals surface area contributed by atoms with Gasteiger partial charge in [0.25, 0.3) is 5.91 Å². The first-order chi connectivity index (χ1) is 9.33. The molecule has 5 heteroatoms. The fourth-order valence-corrected chi connectivity index (χ4v) is 3.27. The molecule has 0 saturated carbocycles. The van der Waals surface area contributed by atoms with Gasteiger partial charge in [0.05, 0.1) is 10.9 Å². The molecule has 0 fully saturated rings. The third-order valence-electron chi connectivity index (χ3n) is 2.76. The first kappa shape index (κ1) is 12.4. The Morgan fingerprint density at radius 1 is 1.42 bits per heavy atom. The van der Waals surface area contributed by atoms with Gasteiger partial charge in [-0.05, 0) is 41.5 Å². The second-order valence-electron chi connectivity index (χ2n) is 4.10. The molecule has 19 heavy (non-hydrogen) atoms. The van der Waals surface area contributed by atoms with E-state index in [0.717, 1.165) is 12.1 Å². The summed E-state index contributed by atoms with van der Waals surface area (Å²) >= 11 is 3.23. The van der Waals surface area contributed by atoms with Gasteiger partial charge in [0.15, 0.2) is 0 Å². The van der Waals surface area contributed by atoms with Gasteiger partial charge in [0.1, 0.15) is 0 Å². The van der Waals surface area contributed by atoms with Crippen LogP contribution < -0.4 is 0 Å². The molecule has 96 valence electrons. The number of carbonyl (C=O) groups is 1. The fraction of sp³-hybridized carbons (Fsp3) is 0.143. The molecule has 0 N–H and O–H groups in total. The fourth-order valence-electron chi connectivity index (χ4n) is 1.79. The monoisotopic (exact) mass is 288 g/mol. The summed E-state index contributed by atoms with van der Waals surface area (Å²) in [4.78, 5) is 13.3. The van der Waals surface area contributed by atoms with Crippen molar-refractivity contribution in [2.75, 3.05) is 0 Å². The molecular formula is C14H12N2OS2. The van der Waals surface area contributed by atoms with Crippen molar-refractivity contribution in [3.63, 3.8) is 0 Å². The molecule has 0 aromatic carbocycles. The zero-order valence-electron chi connectivity index (χ0n) is 10.1. The number of rotatable bonds is 3. The van der Waals surface area contributed by atoms with Crippen LogP contribution in [-0.4, -0.2) is 20.9 Å². The minimum atomic E-state index is -0.0194. The van der Waals surface area contributed by atoms with E-state index in [-0.39, 0.29) is 11.2 Å². The van der Waals surface area contributed by atoms with Crippen molar-refractivity contribution in [2.45, 2.75) is 11.7 Å². The number of thiophene rings is 1. The average Bonchev–Trinajstić information content (AvgIpc) is 3.16. The molecule has 1 aliphatic rings. The molecule has 1 aliphatic heterocycles. The summed E-state index contributed by atoms with van der Waals surface area (Å²) in [5.74, 6) is 0.0470. The van der Waals surface area contributed by atoms with Crippen molar-refractivity contribution in [1.82, 2.24) is 9.78 Å². The first-order valence-electron chi connectivity index (χ1n) is 5.95. The van der Waals surface area contributed by atoms with Crippen LogP contribution in [0.25, 0.3) is 12.2 Å². The number of aromatic nitrogens is 2. The lowest BCUT2D eigenvalue weighted by Gasteiger charge is -2.05. The Kier molecular flexibility index (Phi) is 3.66. The van der Waals surface area contributed by atoms with Crippen LogP contribution in [-0.2, 0) is 0 Å². The predicted molar refractivity (Wildman–Crippen MR) is 81.2 cm³/mol. The summed E-state index contributed by atoms with van der Waals surface area (Å²) in [7, 11) is 0. The maximum atomic E-state index is 12.1. The Balaban J connectivity index is 1.70. The topological polar surface area (TPSA) is 34.9 Å². The highest BCUT2D eigenvalue weighted by Crippen LogP contribution is 2.25. The van der Waals surface area contributed by atoms with Gasteiger partial charge in [-0.3, -0.25) is 4.79 Å². The van der Waals surface area contributed by atoms with E-state index >= 15 is 0 Å². The molecule has 0 spiro atoms. The first-order valence-corrected chi connectivity index (χ1v) is 7.77. The van der Waals surface area contributed by atoms with Gasteiger partial charge >= 0.3 is 0 Å². The maximum absolute atomic E-state index is 12.1. The quantitative estimate of drug-likeness (QED) is 0.862. The van der Waals surface area contributed by atoms with Crippen molar-refractivity contribution in [1.29, 1.82) is 0 Å². The highest BCUT2D eigenvalue weighted by molar-refractivity contribution is 8.03. The number of thioether (sulfide) groups is 1. The Morgan fingerprint density at radius 3 is 3.11 bits per heavy atom. The van der Waals surface area contributed by atoms with Crippen LogP contribution >= 0.6 is 23.1 Å². The van der Waals surface area contributed by atoms with Crippen molar-refractivity contribution in [2.24, 2.45) is 0 Å². The largest absolute Gasteiger partial charge is 0.271 e. The predicted octanol–water partition coefficient (Wildman–Crippen LogP) is 3.77. The molecule has 0 bridgehead atoms. The summed E-state index contributed by atoms with van der Waals surface area (Å²) in [5.41, 5.74) is 0.803.